The third-order valence-corrected chi connectivity index (χ3v) is 5.35. The van der Waals surface area contributed by atoms with E-state index in [2.05, 4.69) is 18.7 Å². The zero-order chi connectivity index (χ0) is 15.5. The lowest BCUT2D eigenvalue weighted by molar-refractivity contribution is -0.153. The van der Waals surface area contributed by atoms with Gasteiger partial charge >= 0.3 is 5.97 Å². The third kappa shape index (κ3) is 3.39. The van der Waals surface area contributed by atoms with Crippen molar-refractivity contribution in [3.05, 3.63) is 0 Å². The zero-order valence-electron chi connectivity index (χ0n) is 13.3. The Kier molecular flexibility index (Phi) is 5.25. The molecule has 120 valence electrons. The number of likely N-dealkylation sites (N-methyl/N-ethyl adjacent to an activating group) is 1. The monoisotopic (exact) mass is 296 g/mol. The minimum Gasteiger partial charge on any atom is -0.481 e. The van der Waals surface area contributed by atoms with E-state index < -0.39 is 11.4 Å². The molecule has 1 unspecified atom stereocenters. The lowest BCUT2D eigenvalue weighted by Crippen LogP contribution is -2.41. The van der Waals surface area contributed by atoms with Crippen molar-refractivity contribution < 1.29 is 14.7 Å². The first-order valence-corrected chi connectivity index (χ1v) is 8.27. The molecule has 0 radical (unpaired) electrons. The summed E-state index contributed by atoms with van der Waals surface area (Å²) in [7, 11) is 0. The van der Waals surface area contributed by atoms with Gasteiger partial charge in [-0.1, -0.05) is 26.7 Å². The number of carbonyl (C=O) groups excluding carboxylic acids is 1. The molecule has 1 aliphatic heterocycles. The minimum atomic E-state index is -0.787. The molecule has 0 aromatic rings. The summed E-state index contributed by atoms with van der Waals surface area (Å²) in [5.74, 6) is -0.748. The summed E-state index contributed by atoms with van der Waals surface area (Å²) in [4.78, 5) is 28.3. The topological polar surface area (TPSA) is 60.9 Å². The predicted molar refractivity (Wildman–Crippen MR) is 81.1 cm³/mol. The fraction of sp³-hybridized carbons (Fsp3) is 0.875. The van der Waals surface area contributed by atoms with Gasteiger partial charge in [0.25, 0.3) is 0 Å². The largest absolute Gasteiger partial charge is 0.481 e. The Bertz CT molecular complexity index is 387. The molecule has 1 amide bonds. The molecule has 5 nitrogen and oxygen atoms in total. The Morgan fingerprint density at radius 3 is 2.38 bits per heavy atom. The van der Waals surface area contributed by atoms with Crippen molar-refractivity contribution in [2.24, 2.45) is 5.41 Å². The Balaban J connectivity index is 1.94. The molecule has 1 atom stereocenters. The Morgan fingerprint density at radius 1 is 1.24 bits per heavy atom. The molecule has 1 aliphatic carbocycles. The standard InChI is InChI=1S/C16H28N2O3/c1-3-17(4-2)13-7-10-18(12-13)14(19)11-16(15(20)21)8-5-6-9-16/h13H,3-12H2,1-2H3,(H,20,21). The number of amides is 1. The molecule has 1 saturated carbocycles. The molecule has 0 aromatic heterocycles. The molecule has 1 saturated heterocycles. The molecule has 5 heteroatoms. The molecule has 1 heterocycles. The van der Waals surface area contributed by atoms with E-state index in [-0.39, 0.29) is 12.3 Å². The fourth-order valence-corrected chi connectivity index (χ4v) is 3.93. The third-order valence-electron chi connectivity index (χ3n) is 5.35. The van der Waals surface area contributed by atoms with Crippen molar-refractivity contribution >= 4 is 11.9 Å². The van der Waals surface area contributed by atoms with Gasteiger partial charge in [0.15, 0.2) is 0 Å². The van der Waals surface area contributed by atoms with E-state index in [1.807, 2.05) is 4.90 Å². The molecule has 21 heavy (non-hydrogen) atoms. The molecule has 2 rings (SSSR count). The molecule has 0 aromatic carbocycles. The lowest BCUT2D eigenvalue weighted by atomic mass is 9.82. The minimum absolute atomic E-state index is 0.0361. The summed E-state index contributed by atoms with van der Waals surface area (Å²) in [6.07, 6.45) is 4.37. The quantitative estimate of drug-likeness (QED) is 0.814. The van der Waals surface area contributed by atoms with Gasteiger partial charge in [-0.25, -0.2) is 0 Å². The van der Waals surface area contributed by atoms with Gasteiger partial charge in [-0.05, 0) is 32.4 Å². The highest BCUT2D eigenvalue weighted by Gasteiger charge is 2.44. The van der Waals surface area contributed by atoms with Crippen LogP contribution >= 0.6 is 0 Å². The van der Waals surface area contributed by atoms with E-state index in [0.717, 1.165) is 45.4 Å². The van der Waals surface area contributed by atoms with Crippen molar-refractivity contribution in [1.29, 1.82) is 0 Å². The molecular weight excluding hydrogens is 268 g/mol. The van der Waals surface area contributed by atoms with Crippen LogP contribution in [0.2, 0.25) is 0 Å². The SMILES string of the molecule is CCN(CC)C1CCN(C(=O)CC2(C(=O)O)CCCC2)C1. The maximum Gasteiger partial charge on any atom is 0.310 e. The Labute approximate surface area is 127 Å². The van der Waals surface area contributed by atoms with Crippen LogP contribution in [0, 0.1) is 5.41 Å². The van der Waals surface area contributed by atoms with Gasteiger partial charge in [-0.3, -0.25) is 14.5 Å². The number of carbonyl (C=O) groups is 2. The lowest BCUT2D eigenvalue weighted by Gasteiger charge is -2.28. The second-order valence-corrected chi connectivity index (χ2v) is 6.47. The number of hydrogen-bond acceptors (Lipinski definition) is 3. The molecule has 1 N–H and O–H groups in total. The molecule has 0 spiro atoms. The maximum absolute atomic E-state index is 12.5. The highest BCUT2D eigenvalue weighted by molar-refractivity contribution is 5.85. The smallest absolute Gasteiger partial charge is 0.310 e. The second-order valence-electron chi connectivity index (χ2n) is 6.47. The first kappa shape index (κ1) is 16.3. The van der Waals surface area contributed by atoms with Gasteiger partial charge in [0, 0.05) is 25.6 Å². The van der Waals surface area contributed by atoms with Crippen LogP contribution in [0.4, 0.5) is 0 Å². The summed E-state index contributed by atoms with van der Waals surface area (Å²) >= 11 is 0. The molecule has 2 fully saturated rings. The molecular formula is C16H28N2O3. The van der Waals surface area contributed by atoms with Crippen LogP contribution in [0.15, 0.2) is 0 Å². The van der Waals surface area contributed by atoms with Crippen LogP contribution in [0.1, 0.15) is 52.4 Å². The summed E-state index contributed by atoms with van der Waals surface area (Å²) in [6.45, 7) is 7.83. The summed E-state index contributed by atoms with van der Waals surface area (Å²) in [5.41, 5.74) is -0.787. The number of nitrogens with zero attached hydrogens (tertiary/aromatic N) is 2. The van der Waals surface area contributed by atoms with E-state index >= 15 is 0 Å². The van der Waals surface area contributed by atoms with Crippen molar-refractivity contribution in [2.75, 3.05) is 26.2 Å². The van der Waals surface area contributed by atoms with Crippen molar-refractivity contribution in [3.63, 3.8) is 0 Å². The van der Waals surface area contributed by atoms with Gasteiger partial charge < -0.3 is 10.0 Å². The first-order chi connectivity index (χ1) is 10.0. The first-order valence-electron chi connectivity index (χ1n) is 8.27. The van der Waals surface area contributed by atoms with E-state index in [9.17, 15) is 14.7 Å². The van der Waals surface area contributed by atoms with Crippen LogP contribution in [0.5, 0.6) is 0 Å². The number of carboxylic acids is 1. The predicted octanol–water partition coefficient (Wildman–Crippen LogP) is 1.96. The van der Waals surface area contributed by atoms with Crippen LogP contribution in [-0.4, -0.2) is 59.0 Å². The average Bonchev–Trinajstić information content (AvgIpc) is 3.10. The normalized spacial score (nSPS) is 24.7. The van der Waals surface area contributed by atoms with E-state index in [1.165, 1.54) is 0 Å². The molecule has 0 bridgehead atoms. The van der Waals surface area contributed by atoms with Gasteiger partial charge in [-0.2, -0.15) is 0 Å². The average molecular weight is 296 g/mol. The van der Waals surface area contributed by atoms with Crippen LogP contribution in [-0.2, 0) is 9.59 Å². The molecule has 2 aliphatic rings. The van der Waals surface area contributed by atoms with E-state index in [0.29, 0.717) is 18.9 Å². The summed E-state index contributed by atoms with van der Waals surface area (Å²) in [6, 6.07) is 0.438. The highest BCUT2D eigenvalue weighted by Crippen LogP contribution is 2.42. The van der Waals surface area contributed by atoms with Gasteiger partial charge in [0.1, 0.15) is 0 Å². The Hall–Kier alpha value is -1.10. The highest BCUT2D eigenvalue weighted by atomic mass is 16.4. The summed E-state index contributed by atoms with van der Waals surface area (Å²) in [5, 5.41) is 9.49. The van der Waals surface area contributed by atoms with Crippen molar-refractivity contribution in [1.82, 2.24) is 9.80 Å². The maximum atomic E-state index is 12.5. The van der Waals surface area contributed by atoms with Crippen LogP contribution in [0.25, 0.3) is 0 Å². The van der Waals surface area contributed by atoms with E-state index in [4.69, 9.17) is 0 Å². The van der Waals surface area contributed by atoms with Crippen LogP contribution in [0.3, 0.4) is 0 Å². The van der Waals surface area contributed by atoms with E-state index in [1.54, 1.807) is 0 Å². The van der Waals surface area contributed by atoms with Gasteiger partial charge in [0.05, 0.1) is 5.41 Å². The van der Waals surface area contributed by atoms with Crippen LogP contribution < -0.4 is 0 Å². The van der Waals surface area contributed by atoms with Crippen molar-refractivity contribution in [3.8, 4) is 0 Å². The fourth-order valence-electron chi connectivity index (χ4n) is 3.93. The number of likely N-dealkylation sites (tertiary alicyclic amines) is 1. The van der Waals surface area contributed by atoms with Gasteiger partial charge in [-0.15, -0.1) is 0 Å². The number of hydrogen-bond donors (Lipinski definition) is 1. The summed E-state index contributed by atoms with van der Waals surface area (Å²) < 4.78 is 0. The number of rotatable bonds is 6. The van der Waals surface area contributed by atoms with Crippen molar-refractivity contribution in [2.45, 2.75) is 58.4 Å². The zero-order valence-corrected chi connectivity index (χ0v) is 13.3. The number of aliphatic carboxylic acids is 1. The van der Waals surface area contributed by atoms with Gasteiger partial charge in [0.2, 0.25) is 5.91 Å². The Morgan fingerprint density at radius 2 is 1.86 bits per heavy atom. The number of carboxylic acid groups (broad SMARTS) is 1. The second kappa shape index (κ2) is 6.77.